The van der Waals surface area contributed by atoms with Crippen LogP contribution in [0.3, 0.4) is 0 Å². The van der Waals surface area contributed by atoms with Gasteiger partial charge in [0.1, 0.15) is 6.10 Å². The third-order valence-corrected chi connectivity index (χ3v) is 5.98. The van der Waals surface area contributed by atoms with Gasteiger partial charge < -0.3 is 14.6 Å². The van der Waals surface area contributed by atoms with Crippen LogP contribution in [0.4, 0.5) is 0 Å². The third-order valence-electron chi connectivity index (χ3n) is 4.69. The second kappa shape index (κ2) is 9.62. The van der Waals surface area contributed by atoms with Gasteiger partial charge in [0, 0.05) is 0 Å². The zero-order valence-corrected chi connectivity index (χ0v) is 16.7. The van der Waals surface area contributed by atoms with Crippen molar-refractivity contribution in [3.63, 3.8) is 0 Å². The fourth-order valence-corrected chi connectivity index (χ4v) is 3.99. The maximum Gasteiger partial charge on any atom is 0.297 e. The van der Waals surface area contributed by atoms with Crippen LogP contribution in [-0.4, -0.2) is 45.0 Å². The number of aryl methyl sites for hydroxylation is 1. The van der Waals surface area contributed by atoms with Gasteiger partial charge in [-0.3, -0.25) is 4.18 Å². The van der Waals surface area contributed by atoms with Crippen LogP contribution in [0.2, 0.25) is 0 Å². The van der Waals surface area contributed by atoms with Crippen molar-refractivity contribution in [2.45, 2.75) is 49.6 Å². The van der Waals surface area contributed by atoms with Gasteiger partial charge >= 0.3 is 0 Å². The summed E-state index contributed by atoms with van der Waals surface area (Å²) in [5, 5.41) is 10.3. The van der Waals surface area contributed by atoms with Gasteiger partial charge in [0.25, 0.3) is 10.1 Å². The molecule has 0 radical (unpaired) electrons. The highest BCUT2D eigenvalue weighted by molar-refractivity contribution is 7.86. The van der Waals surface area contributed by atoms with E-state index in [0.29, 0.717) is 19.6 Å². The maximum absolute atomic E-state index is 12.2. The Morgan fingerprint density at radius 2 is 1.82 bits per heavy atom. The molecule has 0 saturated carbocycles. The van der Waals surface area contributed by atoms with Crippen LogP contribution in [0.15, 0.2) is 59.5 Å². The highest BCUT2D eigenvalue weighted by Gasteiger charge is 2.32. The Bertz CT molecular complexity index is 835. The molecule has 2 aromatic carbocycles. The lowest BCUT2D eigenvalue weighted by Crippen LogP contribution is -2.32. The molecule has 1 heterocycles. The normalized spacial score (nSPS) is 20.9. The highest BCUT2D eigenvalue weighted by atomic mass is 32.2. The molecule has 152 valence electrons. The summed E-state index contributed by atoms with van der Waals surface area (Å²) in [7, 11) is -3.90. The van der Waals surface area contributed by atoms with Crippen molar-refractivity contribution in [1.29, 1.82) is 0 Å². The Labute approximate surface area is 166 Å². The van der Waals surface area contributed by atoms with Gasteiger partial charge in [-0.25, -0.2) is 0 Å². The number of hydrogen-bond donors (Lipinski definition) is 1. The molecule has 1 saturated heterocycles. The standard InChI is InChI=1S/C21H26O6S/c1-16-7-10-19(11-8-16)28(23,24)26-15-20(22)21-12-9-18(27-21)14-25-13-17-5-3-2-4-6-17/h2-8,10-11,18,20-22H,9,12-15H2,1H3/t18-,20-,21-/m1/s1. The predicted octanol–water partition coefficient (Wildman–Crippen LogP) is 2.83. The molecular weight excluding hydrogens is 380 g/mol. The summed E-state index contributed by atoms with van der Waals surface area (Å²) in [4.78, 5) is 0.0739. The highest BCUT2D eigenvalue weighted by Crippen LogP contribution is 2.24. The van der Waals surface area contributed by atoms with E-state index in [0.717, 1.165) is 17.5 Å². The van der Waals surface area contributed by atoms with Crippen molar-refractivity contribution >= 4 is 10.1 Å². The van der Waals surface area contributed by atoms with Gasteiger partial charge in [0.15, 0.2) is 0 Å². The van der Waals surface area contributed by atoms with Gasteiger partial charge in [-0.2, -0.15) is 8.42 Å². The second-order valence-electron chi connectivity index (χ2n) is 6.99. The fraction of sp³-hybridized carbons (Fsp3) is 0.429. The minimum atomic E-state index is -3.90. The monoisotopic (exact) mass is 406 g/mol. The number of ether oxygens (including phenoxy) is 2. The molecule has 0 aromatic heterocycles. The first-order valence-electron chi connectivity index (χ1n) is 9.35. The average Bonchev–Trinajstić information content (AvgIpc) is 3.16. The number of hydrogen-bond acceptors (Lipinski definition) is 6. The summed E-state index contributed by atoms with van der Waals surface area (Å²) >= 11 is 0. The van der Waals surface area contributed by atoms with Gasteiger partial charge in [-0.15, -0.1) is 0 Å². The molecule has 1 aliphatic heterocycles. The van der Waals surface area contributed by atoms with E-state index in [4.69, 9.17) is 13.7 Å². The smallest absolute Gasteiger partial charge is 0.297 e. The number of rotatable bonds is 9. The average molecular weight is 407 g/mol. The molecule has 0 aliphatic carbocycles. The first kappa shape index (κ1) is 21.0. The molecule has 1 N–H and O–H groups in total. The molecule has 7 heteroatoms. The lowest BCUT2D eigenvalue weighted by Gasteiger charge is -2.19. The second-order valence-corrected chi connectivity index (χ2v) is 8.61. The Balaban J connectivity index is 1.41. The predicted molar refractivity (Wildman–Crippen MR) is 104 cm³/mol. The Morgan fingerprint density at radius 3 is 2.54 bits per heavy atom. The van der Waals surface area contributed by atoms with Gasteiger partial charge in [-0.1, -0.05) is 48.0 Å². The maximum atomic E-state index is 12.2. The van der Waals surface area contributed by atoms with Crippen LogP contribution in [0.5, 0.6) is 0 Å². The Hall–Kier alpha value is -1.77. The van der Waals surface area contributed by atoms with Gasteiger partial charge in [0.2, 0.25) is 0 Å². The van der Waals surface area contributed by atoms with Crippen molar-refractivity contribution in [3.05, 3.63) is 65.7 Å². The number of aliphatic hydroxyl groups excluding tert-OH is 1. The molecule has 0 bridgehead atoms. The van der Waals surface area contributed by atoms with Crippen molar-refractivity contribution in [2.75, 3.05) is 13.2 Å². The van der Waals surface area contributed by atoms with E-state index < -0.39 is 22.3 Å². The lowest BCUT2D eigenvalue weighted by molar-refractivity contribution is -0.0721. The lowest BCUT2D eigenvalue weighted by atomic mass is 10.1. The molecular formula is C21H26O6S. The molecule has 6 nitrogen and oxygen atoms in total. The van der Waals surface area contributed by atoms with E-state index in [-0.39, 0.29) is 17.6 Å². The van der Waals surface area contributed by atoms with Crippen LogP contribution >= 0.6 is 0 Å². The van der Waals surface area contributed by atoms with Crippen LogP contribution in [-0.2, 0) is 30.4 Å². The minimum absolute atomic E-state index is 0.0739. The van der Waals surface area contributed by atoms with Gasteiger partial charge in [-0.05, 0) is 37.5 Å². The van der Waals surface area contributed by atoms with E-state index >= 15 is 0 Å². The van der Waals surface area contributed by atoms with Crippen molar-refractivity contribution < 1.29 is 27.2 Å². The summed E-state index contributed by atoms with van der Waals surface area (Å²) in [6.07, 6.45) is -0.203. The summed E-state index contributed by atoms with van der Waals surface area (Å²) in [5.41, 5.74) is 2.05. The zero-order chi connectivity index (χ0) is 20.0. The van der Waals surface area contributed by atoms with Crippen molar-refractivity contribution in [2.24, 2.45) is 0 Å². The summed E-state index contributed by atoms with van der Waals surface area (Å²) in [5.74, 6) is 0. The quantitative estimate of drug-likeness (QED) is 0.645. The first-order valence-corrected chi connectivity index (χ1v) is 10.8. The largest absolute Gasteiger partial charge is 0.388 e. The minimum Gasteiger partial charge on any atom is -0.388 e. The molecule has 0 amide bonds. The van der Waals surface area contributed by atoms with Crippen LogP contribution in [0, 0.1) is 6.92 Å². The third kappa shape index (κ3) is 5.86. The zero-order valence-electron chi connectivity index (χ0n) is 15.9. The summed E-state index contributed by atoms with van der Waals surface area (Å²) in [6, 6.07) is 16.2. The van der Waals surface area contributed by atoms with E-state index in [1.807, 2.05) is 37.3 Å². The SMILES string of the molecule is Cc1ccc(S(=O)(=O)OC[C@@H](O)[C@H]2CC[C@H](COCc3ccccc3)O2)cc1. The van der Waals surface area contributed by atoms with Gasteiger partial charge in [0.05, 0.1) is 36.9 Å². The molecule has 0 unspecified atom stereocenters. The van der Waals surface area contributed by atoms with E-state index in [9.17, 15) is 13.5 Å². The molecule has 0 spiro atoms. The van der Waals surface area contributed by atoms with E-state index in [2.05, 4.69) is 0 Å². The molecule has 1 fully saturated rings. The van der Waals surface area contributed by atoms with Crippen LogP contribution in [0.25, 0.3) is 0 Å². The molecule has 1 aliphatic rings. The molecule has 28 heavy (non-hydrogen) atoms. The Morgan fingerprint density at radius 1 is 1.11 bits per heavy atom. The molecule has 3 rings (SSSR count). The molecule has 2 aromatic rings. The van der Waals surface area contributed by atoms with Crippen LogP contribution < -0.4 is 0 Å². The molecule has 3 atom stereocenters. The van der Waals surface area contributed by atoms with Crippen molar-refractivity contribution in [3.8, 4) is 0 Å². The first-order chi connectivity index (χ1) is 13.4. The number of aliphatic hydroxyl groups is 1. The summed E-state index contributed by atoms with van der Waals surface area (Å²) < 4.78 is 40.9. The van der Waals surface area contributed by atoms with Crippen molar-refractivity contribution in [1.82, 2.24) is 0 Å². The van der Waals surface area contributed by atoms with E-state index in [1.54, 1.807) is 12.1 Å². The summed E-state index contributed by atoms with van der Waals surface area (Å²) in [6.45, 7) is 2.48. The Kier molecular flexibility index (Phi) is 7.20. The van der Waals surface area contributed by atoms with E-state index in [1.165, 1.54) is 12.1 Å². The number of benzene rings is 2. The topological polar surface area (TPSA) is 82.1 Å². The fourth-order valence-electron chi connectivity index (χ4n) is 3.06. The van der Waals surface area contributed by atoms with Crippen LogP contribution in [0.1, 0.15) is 24.0 Å².